The van der Waals surface area contributed by atoms with Crippen molar-refractivity contribution in [3.63, 3.8) is 0 Å². The molecule has 0 saturated heterocycles. The van der Waals surface area contributed by atoms with Crippen molar-refractivity contribution >= 4 is 0 Å². The van der Waals surface area contributed by atoms with Crippen LogP contribution in [-0.2, 0) is 0 Å². The Kier molecular flexibility index (Phi) is 3.87. The molecule has 1 nitrogen and oxygen atoms in total. The molecule has 0 radical (unpaired) electrons. The van der Waals surface area contributed by atoms with Gasteiger partial charge in [0.05, 0.1) is 0 Å². The highest BCUT2D eigenvalue weighted by atomic mass is 14.9. The van der Waals surface area contributed by atoms with Crippen LogP contribution in [0.3, 0.4) is 0 Å². The van der Waals surface area contributed by atoms with Crippen LogP contribution in [0.1, 0.15) is 72.6 Å². The van der Waals surface area contributed by atoms with E-state index in [2.05, 4.69) is 33.0 Å². The molecule has 0 spiro atoms. The van der Waals surface area contributed by atoms with Gasteiger partial charge in [0.1, 0.15) is 0 Å². The first kappa shape index (κ1) is 13.4. The van der Waals surface area contributed by atoms with Crippen molar-refractivity contribution in [2.75, 3.05) is 6.54 Å². The van der Waals surface area contributed by atoms with Gasteiger partial charge in [-0.15, -0.1) is 0 Å². The number of hydrogen-bond acceptors (Lipinski definition) is 1. The zero-order valence-corrected chi connectivity index (χ0v) is 12.3. The molecular formula is C16H31N. The highest BCUT2D eigenvalue weighted by Gasteiger charge is 2.34. The average molecular weight is 237 g/mol. The standard InChI is InChI=1S/C16H31N/c1-13-9-14(11-15(2,3)10-13)17-12-16(4)7-5-6-8-16/h13-14,17H,5-12H2,1-4H3. The van der Waals surface area contributed by atoms with Gasteiger partial charge in [0.15, 0.2) is 0 Å². The maximum atomic E-state index is 3.89. The normalized spacial score (nSPS) is 36.0. The van der Waals surface area contributed by atoms with E-state index in [1.807, 2.05) is 0 Å². The van der Waals surface area contributed by atoms with Gasteiger partial charge < -0.3 is 5.32 Å². The van der Waals surface area contributed by atoms with Gasteiger partial charge in [0.2, 0.25) is 0 Å². The molecule has 2 aliphatic carbocycles. The average Bonchev–Trinajstić information content (AvgIpc) is 2.60. The van der Waals surface area contributed by atoms with Crippen molar-refractivity contribution in [3.05, 3.63) is 0 Å². The largest absolute Gasteiger partial charge is 0.313 e. The van der Waals surface area contributed by atoms with E-state index in [0.29, 0.717) is 10.8 Å². The van der Waals surface area contributed by atoms with Gasteiger partial charge in [-0.25, -0.2) is 0 Å². The zero-order valence-electron chi connectivity index (χ0n) is 12.3. The topological polar surface area (TPSA) is 12.0 Å². The lowest BCUT2D eigenvalue weighted by Crippen LogP contribution is -2.43. The SMILES string of the molecule is CC1CC(NCC2(C)CCCC2)CC(C)(C)C1. The van der Waals surface area contributed by atoms with Crippen LogP contribution in [0.4, 0.5) is 0 Å². The predicted octanol–water partition coefficient (Wildman–Crippen LogP) is 4.37. The monoisotopic (exact) mass is 237 g/mol. The molecule has 1 N–H and O–H groups in total. The van der Waals surface area contributed by atoms with Crippen LogP contribution in [0, 0.1) is 16.7 Å². The van der Waals surface area contributed by atoms with Gasteiger partial charge in [-0.2, -0.15) is 0 Å². The van der Waals surface area contributed by atoms with Crippen molar-refractivity contribution in [1.29, 1.82) is 0 Å². The summed E-state index contributed by atoms with van der Waals surface area (Å²) in [7, 11) is 0. The van der Waals surface area contributed by atoms with Crippen LogP contribution in [0.25, 0.3) is 0 Å². The molecule has 0 aromatic rings. The first-order valence-corrected chi connectivity index (χ1v) is 7.62. The second-order valence-electron chi connectivity index (χ2n) is 8.01. The first-order chi connectivity index (χ1) is 7.89. The second kappa shape index (κ2) is 4.91. The van der Waals surface area contributed by atoms with Crippen LogP contribution >= 0.6 is 0 Å². The van der Waals surface area contributed by atoms with E-state index >= 15 is 0 Å². The minimum Gasteiger partial charge on any atom is -0.313 e. The summed E-state index contributed by atoms with van der Waals surface area (Å²) in [6, 6.07) is 0.770. The van der Waals surface area contributed by atoms with E-state index in [-0.39, 0.29) is 0 Å². The molecule has 2 aliphatic rings. The third-order valence-corrected chi connectivity index (χ3v) is 5.02. The van der Waals surface area contributed by atoms with Crippen molar-refractivity contribution in [1.82, 2.24) is 5.32 Å². The van der Waals surface area contributed by atoms with Crippen molar-refractivity contribution in [2.24, 2.45) is 16.7 Å². The van der Waals surface area contributed by atoms with E-state index < -0.39 is 0 Å². The Morgan fingerprint density at radius 3 is 2.29 bits per heavy atom. The maximum Gasteiger partial charge on any atom is 0.00749 e. The van der Waals surface area contributed by atoms with Crippen LogP contribution in [-0.4, -0.2) is 12.6 Å². The summed E-state index contributed by atoms with van der Waals surface area (Å²) in [6.45, 7) is 11.0. The summed E-state index contributed by atoms with van der Waals surface area (Å²) < 4.78 is 0. The van der Waals surface area contributed by atoms with Gasteiger partial charge >= 0.3 is 0 Å². The quantitative estimate of drug-likeness (QED) is 0.768. The minimum atomic E-state index is 0.548. The Labute approximate surface area is 108 Å². The molecule has 2 atom stereocenters. The van der Waals surface area contributed by atoms with Gasteiger partial charge in [-0.1, -0.05) is 40.5 Å². The molecule has 0 aromatic heterocycles. The van der Waals surface area contributed by atoms with Crippen LogP contribution in [0.15, 0.2) is 0 Å². The Bertz CT molecular complexity index is 250. The number of rotatable bonds is 3. The third kappa shape index (κ3) is 3.71. The summed E-state index contributed by atoms with van der Waals surface area (Å²) in [5.41, 5.74) is 1.15. The lowest BCUT2D eigenvalue weighted by molar-refractivity contribution is 0.141. The molecule has 0 aromatic carbocycles. The van der Waals surface area contributed by atoms with Gasteiger partial charge in [0.25, 0.3) is 0 Å². The summed E-state index contributed by atoms with van der Waals surface area (Å²) in [6.07, 6.45) is 9.93. The molecule has 17 heavy (non-hydrogen) atoms. The molecule has 0 amide bonds. The summed E-state index contributed by atoms with van der Waals surface area (Å²) >= 11 is 0. The molecule has 0 heterocycles. The minimum absolute atomic E-state index is 0.548. The van der Waals surface area contributed by atoms with Crippen LogP contribution < -0.4 is 5.32 Å². The van der Waals surface area contributed by atoms with Gasteiger partial charge in [-0.05, 0) is 48.9 Å². The lowest BCUT2D eigenvalue weighted by Gasteiger charge is -2.40. The Balaban J connectivity index is 1.82. The molecule has 2 rings (SSSR count). The van der Waals surface area contributed by atoms with E-state index in [9.17, 15) is 0 Å². The highest BCUT2D eigenvalue weighted by molar-refractivity contribution is 4.89. The highest BCUT2D eigenvalue weighted by Crippen LogP contribution is 2.40. The molecule has 2 fully saturated rings. The molecule has 2 unspecified atom stereocenters. The Morgan fingerprint density at radius 1 is 1.06 bits per heavy atom. The Morgan fingerprint density at radius 2 is 1.71 bits per heavy atom. The molecule has 2 saturated carbocycles. The number of nitrogens with one attached hydrogen (secondary N) is 1. The molecule has 1 heteroatoms. The fourth-order valence-electron chi connectivity index (χ4n) is 4.30. The first-order valence-electron chi connectivity index (χ1n) is 7.62. The van der Waals surface area contributed by atoms with Crippen molar-refractivity contribution in [2.45, 2.75) is 78.7 Å². The third-order valence-electron chi connectivity index (χ3n) is 5.02. The predicted molar refractivity (Wildman–Crippen MR) is 75.2 cm³/mol. The van der Waals surface area contributed by atoms with Crippen molar-refractivity contribution in [3.8, 4) is 0 Å². The fraction of sp³-hybridized carbons (Fsp3) is 1.00. The summed E-state index contributed by atoms with van der Waals surface area (Å²) in [5.74, 6) is 0.896. The van der Waals surface area contributed by atoms with Crippen molar-refractivity contribution < 1.29 is 0 Å². The molecule has 0 aliphatic heterocycles. The second-order valence-corrected chi connectivity index (χ2v) is 8.01. The Hall–Kier alpha value is -0.0400. The molecular weight excluding hydrogens is 206 g/mol. The summed E-state index contributed by atoms with van der Waals surface area (Å²) in [5, 5.41) is 3.89. The molecule has 0 bridgehead atoms. The van der Waals surface area contributed by atoms with Gasteiger partial charge in [0, 0.05) is 12.6 Å². The van der Waals surface area contributed by atoms with Gasteiger partial charge in [-0.3, -0.25) is 0 Å². The molecule has 100 valence electrons. The van der Waals surface area contributed by atoms with Crippen LogP contribution in [0.2, 0.25) is 0 Å². The van der Waals surface area contributed by atoms with E-state index in [0.717, 1.165) is 12.0 Å². The summed E-state index contributed by atoms with van der Waals surface area (Å²) in [4.78, 5) is 0. The number of hydrogen-bond donors (Lipinski definition) is 1. The van der Waals surface area contributed by atoms with E-state index in [4.69, 9.17) is 0 Å². The zero-order chi connectivity index (χ0) is 12.5. The van der Waals surface area contributed by atoms with E-state index in [1.54, 1.807) is 0 Å². The van der Waals surface area contributed by atoms with E-state index in [1.165, 1.54) is 51.5 Å². The smallest absolute Gasteiger partial charge is 0.00749 e. The lowest BCUT2D eigenvalue weighted by atomic mass is 9.70. The van der Waals surface area contributed by atoms with Crippen LogP contribution in [0.5, 0.6) is 0 Å². The maximum absolute atomic E-state index is 3.89. The fourth-order valence-corrected chi connectivity index (χ4v) is 4.30.